The van der Waals surface area contributed by atoms with Crippen molar-refractivity contribution in [1.82, 2.24) is 19.8 Å². The topological polar surface area (TPSA) is 119 Å². The van der Waals surface area contributed by atoms with Crippen LogP contribution in [-0.4, -0.2) is 86.3 Å². The normalized spacial score (nSPS) is 10.7. The second-order valence-electron chi connectivity index (χ2n) is 10.6. The first kappa shape index (κ1) is 34.5. The number of nitrogens with one attached hydrogen (secondary N) is 1. The van der Waals surface area contributed by atoms with Crippen molar-refractivity contribution in [1.29, 1.82) is 0 Å². The van der Waals surface area contributed by atoms with Crippen LogP contribution in [0.15, 0.2) is 72.9 Å². The van der Waals surface area contributed by atoms with Crippen molar-refractivity contribution in [3.05, 3.63) is 84.1 Å². The van der Waals surface area contributed by atoms with Gasteiger partial charge in [0.25, 0.3) is 5.91 Å². The fraction of sp³-hybridized carbons (Fsp3) is 0.314. The van der Waals surface area contributed by atoms with Crippen LogP contribution in [0.5, 0.6) is 23.1 Å². The lowest BCUT2D eigenvalue weighted by molar-refractivity contribution is 0.0779. The van der Waals surface area contributed by atoms with Crippen molar-refractivity contribution >= 4 is 35.0 Å². The van der Waals surface area contributed by atoms with Gasteiger partial charge in [-0.2, -0.15) is 4.98 Å². The first-order valence-electron chi connectivity index (χ1n) is 15.3. The number of hydrogen-bond acceptors (Lipinski definition) is 10. The number of carbonyl (C=O) groups is 2. The zero-order valence-electron chi connectivity index (χ0n) is 27.9. The van der Waals surface area contributed by atoms with Crippen molar-refractivity contribution in [2.45, 2.75) is 20.8 Å². The number of amides is 2. The fourth-order valence-corrected chi connectivity index (χ4v) is 4.84. The molecule has 0 spiro atoms. The van der Waals surface area contributed by atoms with Crippen LogP contribution in [0.3, 0.4) is 0 Å². The minimum absolute atomic E-state index is 0.0122. The number of carbonyl (C=O) groups excluding carboxylic acids is 2. The van der Waals surface area contributed by atoms with Crippen LogP contribution in [0.4, 0.5) is 27.8 Å². The van der Waals surface area contributed by atoms with Gasteiger partial charge < -0.3 is 34.1 Å². The first-order chi connectivity index (χ1) is 22.7. The molecule has 1 N–H and O–H groups in total. The smallest absolute Gasteiger partial charge is 0.426 e. The van der Waals surface area contributed by atoms with Gasteiger partial charge in [0.15, 0.2) is 0 Å². The van der Waals surface area contributed by atoms with Crippen molar-refractivity contribution < 1.29 is 28.5 Å². The molecule has 0 unspecified atom stereocenters. The molecule has 4 rings (SSSR count). The largest absolute Gasteiger partial charge is 0.497 e. The van der Waals surface area contributed by atoms with Crippen molar-refractivity contribution in [2.24, 2.45) is 0 Å². The van der Waals surface area contributed by atoms with Crippen LogP contribution in [0.2, 0.25) is 0 Å². The number of anilines is 4. The van der Waals surface area contributed by atoms with Gasteiger partial charge in [0.2, 0.25) is 11.8 Å². The molecule has 248 valence electrons. The molecule has 0 saturated heterocycles. The minimum Gasteiger partial charge on any atom is -0.497 e. The Labute approximate surface area is 275 Å². The van der Waals surface area contributed by atoms with E-state index in [-0.39, 0.29) is 17.7 Å². The highest BCUT2D eigenvalue weighted by atomic mass is 16.6. The van der Waals surface area contributed by atoms with E-state index in [1.54, 1.807) is 67.6 Å². The van der Waals surface area contributed by atoms with Crippen LogP contribution in [0, 0.1) is 6.92 Å². The lowest BCUT2D eigenvalue weighted by Crippen LogP contribution is -2.36. The number of benzene rings is 3. The molecule has 12 nitrogen and oxygen atoms in total. The molecule has 0 bridgehead atoms. The number of rotatable bonds is 14. The average Bonchev–Trinajstić information content (AvgIpc) is 3.09. The second-order valence-corrected chi connectivity index (χ2v) is 10.6. The predicted molar refractivity (Wildman–Crippen MR) is 182 cm³/mol. The molecule has 12 heteroatoms. The van der Waals surface area contributed by atoms with Gasteiger partial charge in [-0.25, -0.2) is 14.7 Å². The Balaban J connectivity index is 1.53. The van der Waals surface area contributed by atoms with E-state index in [1.165, 1.54) is 31.4 Å². The number of methoxy groups -OCH3 is 3. The van der Waals surface area contributed by atoms with Gasteiger partial charge in [-0.3, -0.25) is 4.79 Å². The molecule has 4 aromatic rings. The molecule has 3 aromatic carbocycles. The van der Waals surface area contributed by atoms with Gasteiger partial charge in [0.1, 0.15) is 17.2 Å². The van der Waals surface area contributed by atoms with E-state index in [0.29, 0.717) is 46.4 Å². The van der Waals surface area contributed by atoms with Crippen LogP contribution < -0.4 is 29.2 Å². The van der Waals surface area contributed by atoms with Crippen LogP contribution in [0.25, 0.3) is 0 Å². The number of nitrogens with zero attached hydrogens (tertiary/aromatic N) is 5. The summed E-state index contributed by atoms with van der Waals surface area (Å²) in [5.74, 6) is 1.54. The molecule has 1 heterocycles. The number of aromatic nitrogens is 2. The highest BCUT2D eigenvalue weighted by molar-refractivity contribution is 6.00. The third-order valence-electron chi connectivity index (χ3n) is 7.59. The van der Waals surface area contributed by atoms with E-state index in [2.05, 4.69) is 34.0 Å². The van der Waals surface area contributed by atoms with Crippen LogP contribution in [0.1, 0.15) is 29.8 Å². The number of hydrogen-bond donors (Lipinski definition) is 1. The lowest BCUT2D eigenvalue weighted by Gasteiger charge is -2.26. The molecule has 0 radical (unpaired) electrons. The second kappa shape index (κ2) is 16.3. The van der Waals surface area contributed by atoms with E-state index < -0.39 is 6.09 Å². The molecule has 0 aliphatic rings. The third kappa shape index (κ3) is 8.67. The van der Waals surface area contributed by atoms with Gasteiger partial charge in [-0.1, -0.05) is 19.9 Å². The molecule has 0 aliphatic heterocycles. The molecule has 47 heavy (non-hydrogen) atoms. The Morgan fingerprint density at radius 2 is 1.53 bits per heavy atom. The average molecular weight is 643 g/mol. The van der Waals surface area contributed by atoms with E-state index in [9.17, 15) is 9.59 Å². The number of ether oxygens (including phenoxy) is 4. The minimum atomic E-state index is -0.755. The Morgan fingerprint density at radius 1 is 0.809 bits per heavy atom. The first-order valence-corrected chi connectivity index (χ1v) is 15.3. The van der Waals surface area contributed by atoms with Gasteiger partial charge >= 0.3 is 6.09 Å². The molecule has 0 fully saturated rings. The van der Waals surface area contributed by atoms with Crippen molar-refractivity contribution in [3.8, 4) is 23.1 Å². The highest BCUT2D eigenvalue weighted by Gasteiger charge is 2.27. The Kier molecular flexibility index (Phi) is 12.0. The Hall–Kier alpha value is -5.36. The van der Waals surface area contributed by atoms with E-state index >= 15 is 0 Å². The summed E-state index contributed by atoms with van der Waals surface area (Å²) < 4.78 is 22.4. The van der Waals surface area contributed by atoms with E-state index in [1.807, 2.05) is 19.1 Å². The summed E-state index contributed by atoms with van der Waals surface area (Å²) in [6.45, 7) is 9.47. The molecule has 1 aromatic heterocycles. The molecule has 0 atom stereocenters. The zero-order chi connectivity index (χ0) is 33.9. The summed E-state index contributed by atoms with van der Waals surface area (Å²) in [5.41, 5.74) is 2.98. The van der Waals surface area contributed by atoms with Crippen LogP contribution in [-0.2, 0) is 0 Å². The fourth-order valence-electron chi connectivity index (χ4n) is 4.84. The third-order valence-corrected chi connectivity index (χ3v) is 7.59. The van der Waals surface area contributed by atoms with Crippen molar-refractivity contribution in [2.75, 3.05) is 64.8 Å². The van der Waals surface area contributed by atoms with E-state index in [0.717, 1.165) is 25.2 Å². The summed E-state index contributed by atoms with van der Waals surface area (Å²) >= 11 is 0. The summed E-state index contributed by atoms with van der Waals surface area (Å²) in [6, 6.07) is 19.1. The maximum Gasteiger partial charge on any atom is 0.426 e. The van der Waals surface area contributed by atoms with Crippen LogP contribution >= 0.6 is 0 Å². The zero-order valence-corrected chi connectivity index (χ0v) is 27.9. The molecule has 0 aliphatic carbocycles. The van der Waals surface area contributed by atoms with Gasteiger partial charge in [-0.05, 0) is 74.1 Å². The molecular weight excluding hydrogens is 600 g/mol. The number of likely N-dealkylation sites (N-methyl/N-ethyl adjacent to an activating group) is 2. The summed E-state index contributed by atoms with van der Waals surface area (Å²) in [4.78, 5) is 40.8. The molecular formula is C35H42N6O6. The molecule has 0 saturated carbocycles. The van der Waals surface area contributed by atoms with Crippen molar-refractivity contribution in [3.63, 3.8) is 0 Å². The van der Waals surface area contributed by atoms with Gasteiger partial charge in [-0.15, -0.1) is 0 Å². The number of aryl methyl sites for hydroxylation is 1. The maximum absolute atomic E-state index is 13.9. The van der Waals surface area contributed by atoms with Gasteiger partial charge in [0.05, 0.1) is 32.7 Å². The Bertz CT molecular complexity index is 1660. The molecule has 2 amide bonds. The highest BCUT2D eigenvalue weighted by Crippen LogP contribution is 2.41. The lowest BCUT2D eigenvalue weighted by atomic mass is 10.1. The summed E-state index contributed by atoms with van der Waals surface area (Å²) in [6.07, 6.45) is 0.724. The maximum atomic E-state index is 13.9. The van der Waals surface area contributed by atoms with Gasteiger partial charge in [0, 0.05) is 49.7 Å². The quantitative estimate of drug-likeness (QED) is 0.168. The Morgan fingerprint density at radius 3 is 2.19 bits per heavy atom. The SMILES string of the molecule is CCN(CC)CCN(C)C(=O)c1ccc(Nc2nccc(OC(=O)N(c3ccc(OC)cc3OC)c3cc(C)ccc3OC)n2)cc1. The standard InChI is InChI=1S/C35H42N6O6/c1-8-40(9-2)21-20-39(4)33(42)25-11-13-26(14-12-25)37-34-36-19-18-32(38-34)47-35(43)41(29-22-24(3)10-17-30(29)45-6)28-16-15-27(44-5)23-31(28)46-7/h10-19,22-23H,8-9,20-21H2,1-7H3,(H,36,37,38). The monoisotopic (exact) mass is 642 g/mol. The summed E-state index contributed by atoms with van der Waals surface area (Å²) in [5, 5.41) is 3.10. The summed E-state index contributed by atoms with van der Waals surface area (Å²) in [7, 11) is 6.39. The van der Waals surface area contributed by atoms with E-state index in [4.69, 9.17) is 18.9 Å². The predicted octanol–water partition coefficient (Wildman–Crippen LogP) is 6.31.